The van der Waals surface area contributed by atoms with Crippen molar-refractivity contribution in [1.29, 1.82) is 0 Å². The molecule has 0 aliphatic carbocycles. The molecule has 1 fully saturated rings. The van der Waals surface area contributed by atoms with Gasteiger partial charge in [-0.05, 0) is 31.0 Å². The molecule has 3 N–H and O–H groups in total. The van der Waals surface area contributed by atoms with E-state index in [-0.39, 0.29) is 35.8 Å². The van der Waals surface area contributed by atoms with E-state index in [1.807, 2.05) is 12.1 Å². The van der Waals surface area contributed by atoms with Crippen LogP contribution in [0.4, 0.5) is 0 Å². The van der Waals surface area contributed by atoms with Crippen molar-refractivity contribution in [3.63, 3.8) is 0 Å². The van der Waals surface area contributed by atoms with Gasteiger partial charge in [0.25, 0.3) is 0 Å². The van der Waals surface area contributed by atoms with E-state index in [9.17, 15) is 8.42 Å². The van der Waals surface area contributed by atoms with Crippen LogP contribution in [0.2, 0.25) is 0 Å². The molecule has 1 aromatic rings. The summed E-state index contributed by atoms with van der Waals surface area (Å²) in [5, 5.41) is 6.64. The van der Waals surface area contributed by atoms with Crippen molar-refractivity contribution in [3.8, 4) is 5.75 Å². The van der Waals surface area contributed by atoms with Gasteiger partial charge in [-0.1, -0.05) is 12.1 Å². The minimum atomic E-state index is -3.14. The average Bonchev–Trinajstić information content (AvgIpc) is 2.78. The summed E-state index contributed by atoms with van der Waals surface area (Å²) >= 11 is 0. The highest BCUT2D eigenvalue weighted by Gasteiger charge is 2.23. The number of aliphatic imine (C=N–C) groups is 1. The standard InChI is InChI=1S/C20H35N5O4S.HI/c1-4-30(26,27)24-11-5-10-22-20(21-2)23-16-19(25-12-14-29-15-13-25)17-6-8-18(28-3)9-7-17;/h6-9,19,24H,4-5,10-16H2,1-3H3,(H2,21,22,23);1H. The second-order valence-electron chi connectivity index (χ2n) is 6.97. The Morgan fingerprint density at radius 1 is 1.19 bits per heavy atom. The van der Waals surface area contributed by atoms with Crippen LogP contribution >= 0.6 is 24.0 Å². The number of guanidine groups is 1. The summed E-state index contributed by atoms with van der Waals surface area (Å²) in [6, 6.07) is 8.32. The Morgan fingerprint density at radius 3 is 2.45 bits per heavy atom. The molecule has 1 aliphatic rings. The maximum atomic E-state index is 11.5. The number of nitrogens with zero attached hydrogens (tertiary/aromatic N) is 2. The lowest BCUT2D eigenvalue weighted by molar-refractivity contribution is 0.0170. The van der Waals surface area contributed by atoms with Crippen LogP contribution in [0.5, 0.6) is 5.75 Å². The molecule has 0 saturated carbocycles. The number of hydrogen-bond acceptors (Lipinski definition) is 6. The van der Waals surface area contributed by atoms with Crippen molar-refractivity contribution in [2.24, 2.45) is 4.99 Å². The summed E-state index contributed by atoms with van der Waals surface area (Å²) in [7, 11) is 0.250. The van der Waals surface area contributed by atoms with Crippen LogP contribution in [-0.2, 0) is 14.8 Å². The first-order valence-electron chi connectivity index (χ1n) is 10.4. The van der Waals surface area contributed by atoms with E-state index >= 15 is 0 Å². The topological polar surface area (TPSA) is 104 Å². The molecule has 0 amide bonds. The Balaban J connectivity index is 0.00000480. The van der Waals surface area contributed by atoms with Gasteiger partial charge in [0, 0.05) is 39.8 Å². The first-order chi connectivity index (χ1) is 14.5. The smallest absolute Gasteiger partial charge is 0.211 e. The second kappa shape index (κ2) is 14.8. The Hall–Kier alpha value is -1.15. The number of ether oxygens (including phenoxy) is 2. The minimum absolute atomic E-state index is 0. The van der Waals surface area contributed by atoms with Crippen molar-refractivity contribution >= 4 is 40.0 Å². The van der Waals surface area contributed by atoms with Gasteiger partial charge in [0.2, 0.25) is 10.0 Å². The first-order valence-corrected chi connectivity index (χ1v) is 12.0. The first kappa shape index (κ1) is 27.9. The average molecular weight is 570 g/mol. The molecule has 178 valence electrons. The number of morpholine rings is 1. The lowest BCUT2D eigenvalue weighted by Gasteiger charge is -2.35. The van der Waals surface area contributed by atoms with E-state index < -0.39 is 10.0 Å². The zero-order valence-corrected chi connectivity index (χ0v) is 21.7. The van der Waals surface area contributed by atoms with Gasteiger partial charge in [-0.3, -0.25) is 9.89 Å². The van der Waals surface area contributed by atoms with Gasteiger partial charge >= 0.3 is 0 Å². The van der Waals surface area contributed by atoms with E-state index in [1.165, 1.54) is 5.56 Å². The Kier molecular flexibility index (Phi) is 13.3. The molecular weight excluding hydrogens is 533 g/mol. The maximum absolute atomic E-state index is 11.5. The van der Waals surface area contributed by atoms with Crippen molar-refractivity contribution in [2.45, 2.75) is 19.4 Å². The molecular formula is C20H36IN5O4S. The summed E-state index contributed by atoms with van der Waals surface area (Å²) in [6.07, 6.45) is 0.672. The number of rotatable bonds is 11. The maximum Gasteiger partial charge on any atom is 0.211 e. The third-order valence-electron chi connectivity index (χ3n) is 5.02. The van der Waals surface area contributed by atoms with Crippen LogP contribution in [0.1, 0.15) is 24.9 Å². The molecule has 11 heteroatoms. The largest absolute Gasteiger partial charge is 0.497 e. The number of sulfonamides is 1. The molecule has 1 unspecified atom stereocenters. The predicted octanol–water partition coefficient (Wildman–Crippen LogP) is 1.18. The lowest BCUT2D eigenvalue weighted by Crippen LogP contribution is -2.46. The SMILES string of the molecule is CCS(=O)(=O)NCCCNC(=NC)NCC(c1ccc(OC)cc1)N1CCOCC1.I. The zero-order chi connectivity index (χ0) is 21.8. The van der Waals surface area contributed by atoms with Crippen LogP contribution in [0.3, 0.4) is 0 Å². The fourth-order valence-electron chi connectivity index (χ4n) is 3.21. The molecule has 1 aliphatic heterocycles. The summed E-state index contributed by atoms with van der Waals surface area (Å²) < 4.78 is 36.3. The third-order valence-corrected chi connectivity index (χ3v) is 6.43. The van der Waals surface area contributed by atoms with Crippen molar-refractivity contribution in [2.75, 3.05) is 65.8 Å². The van der Waals surface area contributed by atoms with Gasteiger partial charge in [-0.15, -0.1) is 24.0 Å². The number of benzene rings is 1. The van der Waals surface area contributed by atoms with Crippen LogP contribution in [0.25, 0.3) is 0 Å². The summed E-state index contributed by atoms with van der Waals surface area (Å²) in [4.78, 5) is 6.69. The molecule has 0 spiro atoms. The summed E-state index contributed by atoms with van der Waals surface area (Å²) in [5.74, 6) is 1.63. The number of methoxy groups -OCH3 is 1. The fraction of sp³-hybridized carbons (Fsp3) is 0.650. The molecule has 9 nitrogen and oxygen atoms in total. The quantitative estimate of drug-likeness (QED) is 0.159. The predicted molar refractivity (Wildman–Crippen MR) is 135 cm³/mol. The Labute approximate surface area is 203 Å². The molecule has 1 saturated heterocycles. The van der Waals surface area contributed by atoms with Gasteiger partial charge in [-0.2, -0.15) is 0 Å². The van der Waals surface area contributed by atoms with E-state index in [0.717, 1.165) is 32.1 Å². The number of hydrogen-bond donors (Lipinski definition) is 3. The van der Waals surface area contributed by atoms with Gasteiger partial charge in [-0.25, -0.2) is 13.1 Å². The Morgan fingerprint density at radius 2 is 1.87 bits per heavy atom. The zero-order valence-electron chi connectivity index (χ0n) is 18.6. The second-order valence-corrected chi connectivity index (χ2v) is 9.06. The van der Waals surface area contributed by atoms with Gasteiger partial charge in [0.15, 0.2) is 5.96 Å². The van der Waals surface area contributed by atoms with E-state index in [1.54, 1.807) is 21.1 Å². The highest BCUT2D eigenvalue weighted by molar-refractivity contribution is 14.0. The highest BCUT2D eigenvalue weighted by Crippen LogP contribution is 2.23. The Bertz CT molecular complexity index is 755. The van der Waals surface area contributed by atoms with Gasteiger partial charge in [0.05, 0.1) is 32.1 Å². The monoisotopic (exact) mass is 569 g/mol. The van der Waals surface area contributed by atoms with Crippen molar-refractivity contribution in [1.82, 2.24) is 20.3 Å². The highest BCUT2D eigenvalue weighted by atomic mass is 127. The molecule has 1 atom stereocenters. The normalized spacial score (nSPS) is 16.3. The minimum Gasteiger partial charge on any atom is -0.497 e. The summed E-state index contributed by atoms with van der Waals surface area (Å²) in [5.41, 5.74) is 1.20. The molecule has 0 aromatic heterocycles. The molecule has 1 heterocycles. The van der Waals surface area contributed by atoms with Crippen LogP contribution in [0.15, 0.2) is 29.3 Å². The lowest BCUT2D eigenvalue weighted by atomic mass is 10.0. The van der Waals surface area contributed by atoms with E-state index in [2.05, 4.69) is 37.4 Å². The summed E-state index contributed by atoms with van der Waals surface area (Å²) in [6.45, 7) is 6.55. The van der Waals surface area contributed by atoms with Crippen molar-refractivity contribution < 1.29 is 17.9 Å². The third kappa shape index (κ3) is 9.89. The van der Waals surface area contributed by atoms with E-state index in [4.69, 9.17) is 9.47 Å². The number of halogens is 1. The van der Waals surface area contributed by atoms with Crippen LogP contribution in [-0.4, -0.2) is 85.1 Å². The number of nitrogens with one attached hydrogen (secondary N) is 3. The molecule has 1 aromatic carbocycles. The van der Waals surface area contributed by atoms with Gasteiger partial charge in [0.1, 0.15) is 5.75 Å². The molecule has 31 heavy (non-hydrogen) atoms. The van der Waals surface area contributed by atoms with Crippen molar-refractivity contribution in [3.05, 3.63) is 29.8 Å². The molecule has 2 rings (SSSR count). The van der Waals surface area contributed by atoms with Gasteiger partial charge < -0.3 is 20.1 Å². The molecule has 0 radical (unpaired) electrons. The van der Waals surface area contributed by atoms with Crippen LogP contribution in [0, 0.1) is 0 Å². The fourth-order valence-corrected chi connectivity index (χ4v) is 3.87. The van der Waals surface area contributed by atoms with Crippen LogP contribution < -0.4 is 20.1 Å². The van der Waals surface area contributed by atoms with E-state index in [0.29, 0.717) is 32.0 Å². The molecule has 0 bridgehead atoms.